The molecule has 5 rings (SSSR count). The molecule has 2 fully saturated rings. The molecule has 2 aliphatic rings. The molecule has 1 unspecified atom stereocenters. The summed E-state index contributed by atoms with van der Waals surface area (Å²) in [6.45, 7) is 18.5. The minimum Gasteiger partial charge on any atom is -0.404 e. The third-order valence-electron chi connectivity index (χ3n) is 8.02. The number of hydrogen-bond acceptors (Lipinski definition) is 6. The van der Waals surface area contributed by atoms with Crippen LogP contribution in [0.25, 0.3) is 33.9 Å². The van der Waals surface area contributed by atoms with Crippen LogP contribution in [0.1, 0.15) is 34.1 Å². The number of piperazine rings is 1. The van der Waals surface area contributed by atoms with Crippen LogP contribution in [0.2, 0.25) is 0 Å². The maximum absolute atomic E-state index is 6.32. The highest BCUT2D eigenvalue weighted by Gasteiger charge is 2.25. The summed E-state index contributed by atoms with van der Waals surface area (Å²) in [7, 11) is 2.18. The fourth-order valence-corrected chi connectivity index (χ4v) is 5.41. The molecule has 8 nitrogen and oxygen atoms in total. The second-order valence-corrected chi connectivity index (χ2v) is 11.6. The van der Waals surface area contributed by atoms with Crippen LogP contribution in [0, 0.1) is 5.92 Å². The molecule has 1 atom stereocenters. The van der Waals surface area contributed by atoms with Crippen molar-refractivity contribution in [2.24, 2.45) is 11.7 Å². The van der Waals surface area contributed by atoms with Gasteiger partial charge in [-0.25, -0.2) is 0 Å². The predicted molar refractivity (Wildman–Crippen MR) is 172 cm³/mol. The molecule has 1 saturated heterocycles. The van der Waals surface area contributed by atoms with Gasteiger partial charge in [-0.15, -0.1) is 0 Å². The fraction of sp³-hybridized carbons (Fsp3) is 0.394. The Kier molecular flexibility index (Phi) is 8.61. The molecule has 1 aliphatic heterocycles. The first-order chi connectivity index (χ1) is 19.8. The van der Waals surface area contributed by atoms with E-state index in [2.05, 4.69) is 95.8 Å². The molecule has 0 amide bonds. The van der Waals surface area contributed by atoms with Crippen LogP contribution >= 0.6 is 0 Å². The molecule has 4 heterocycles. The maximum Gasteiger partial charge on any atom is 0.116 e. The van der Waals surface area contributed by atoms with E-state index in [1.54, 1.807) is 6.20 Å². The molecule has 0 aromatic carbocycles. The third-order valence-corrected chi connectivity index (χ3v) is 8.02. The summed E-state index contributed by atoms with van der Waals surface area (Å²) >= 11 is 0. The number of nitrogens with one attached hydrogen (secondary N) is 3. The zero-order chi connectivity index (χ0) is 29.1. The Hall–Kier alpha value is -3.88. The lowest BCUT2D eigenvalue weighted by Crippen LogP contribution is -2.44. The SMILES string of the molecule is C=C1CC1/C=C(\C=C(/C)CNCC)C(/C=c1/c(-c2cc3c(N4CCN(C)CC4)cncc3[nH]2)n[nH]c1=C(C)C)=C/N. The van der Waals surface area contributed by atoms with Crippen LogP contribution in [-0.4, -0.2) is 71.4 Å². The van der Waals surface area contributed by atoms with Crippen molar-refractivity contribution in [1.82, 2.24) is 30.4 Å². The number of aromatic amines is 2. The molecule has 8 heteroatoms. The van der Waals surface area contributed by atoms with Gasteiger partial charge in [-0.2, -0.15) is 5.10 Å². The Labute approximate surface area is 243 Å². The maximum atomic E-state index is 6.32. The van der Waals surface area contributed by atoms with Crippen molar-refractivity contribution in [2.75, 3.05) is 51.2 Å². The summed E-state index contributed by atoms with van der Waals surface area (Å²) < 4.78 is 0. The first-order valence-corrected chi connectivity index (χ1v) is 14.6. The Morgan fingerprint density at radius 3 is 2.59 bits per heavy atom. The summed E-state index contributed by atoms with van der Waals surface area (Å²) in [4.78, 5) is 13.0. The number of pyridine rings is 1. The molecule has 3 aromatic rings. The molecular formula is C33H44N8. The highest BCUT2D eigenvalue weighted by Crippen LogP contribution is 2.39. The van der Waals surface area contributed by atoms with Crippen molar-refractivity contribution in [3.8, 4) is 11.4 Å². The molecule has 41 heavy (non-hydrogen) atoms. The number of hydrogen-bond donors (Lipinski definition) is 4. The van der Waals surface area contributed by atoms with Gasteiger partial charge >= 0.3 is 0 Å². The summed E-state index contributed by atoms with van der Waals surface area (Å²) in [6, 6.07) is 2.21. The van der Waals surface area contributed by atoms with Crippen LogP contribution < -0.4 is 26.5 Å². The highest BCUT2D eigenvalue weighted by molar-refractivity contribution is 5.95. The smallest absolute Gasteiger partial charge is 0.116 e. The normalized spacial score (nSPS) is 19.5. The van der Waals surface area contributed by atoms with Gasteiger partial charge in [-0.1, -0.05) is 42.4 Å². The van der Waals surface area contributed by atoms with Crippen LogP contribution in [0.5, 0.6) is 0 Å². The van der Waals surface area contributed by atoms with Gasteiger partial charge in [0.2, 0.25) is 0 Å². The van der Waals surface area contributed by atoms with Crippen molar-refractivity contribution in [3.63, 3.8) is 0 Å². The van der Waals surface area contributed by atoms with E-state index in [1.807, 2.05) is 12.4 Å². The van der Waals surface area contributed by atoms with E-state index in [1.165, 1.54) is 11.1 Å². The van der Waals surface area contributed by atoms with Crippen molar-refractivity contribution < 1.29 is 0 Å². The van der Waals surface area contributed by atoms with Gasteiger partial charge in [0.25, 0.3) is 0 Å². The standard InChI is InChI=1S/C33H44N8/c1-7-35-18-22(4)12-25(14-24-13-23(24)5)26(17-34)15-28-32(21(2)3)38-39-33(28)29-16-27-30(37-29)19-36-20-31(27)41-10-8-40(6)9-11-41/h12,14-17,19-20,24,35,37-38H,5,7-11,13,18,34H2,1-4,6H3/b22-12+,25-14+,26-17+,28-15+. The van der Waals surface area contributed by atoms with Crippen molar-refractivity contribution in [3.05, 3.63) is 76.3 Å². The van der Waals surface area contributed by atoms with E-state index in [-0.39, 0.29) is 0 Å². The van der Waals surface area contributed by atoms with Gasteiger partial charge in [0.15, 0.2) is 0 Å². The lowest BCUT2D eigenvalue weighted by atomic mass is 10.00. The van der Waals surface area contributed by atoms with E-state index >= 15 is 0 Å². The molecule has 0 radical (unpaired) electrons. The molecule has 1 aliphatic carbocycles. The van der Waals surface area contributed by atoms with Crippen molar-refractivity contribution >= 4 is 28.2 Å². The lowest BCUT2D eigenvalue weighted by Gasteiger charge is -2.34. The van der Waals surface area contributed by atoms with Crippen LogP contribution in [0.4, 0.5) is 5.69 Å². The number of fused-ring (bicyclic) bond motifs is 1. The number of likely N-dealkylation sites (N-methyl/N-ethyl adjacent to an activating group) is 2. The predicted octanol–water partition coefficient (Wildman–Crippen LogP) is 3.58. The summed E-state index contributed by atoms with van der Waals surface area (Å²) in [5.41, 5.74) is 16.1. The first kappa shape index (κ1) is 28.6. The van der Waals surface area contributed by atoms with Gasteiger partial charge in [0, 0.05) is 55.4 Å². The number of nitrogens with zero attached hydrogens (tertiary/aromatic N) is 4. The number of allylic oxidation sites excluding steroid dienone is 5. The summed E-state index contributed by atoms with van der Waals surface area (Å²) in [5.74, 6) is 0.397. The Morgan fingerprint density at radius 2 is 1.93 bits per heavy atom. The summed E-state index contributed by atoms with van der Waals surface area (Å²) in [5, 5.41) is 14.7. The van der Waals surface area contributed by atoms with Gasteiger partial charge in [-0.3, -0.25) is 10.1 Å². The Morgan fingerprint density at radius 1 is 1.17 bits per heavy atom. The topological polar surface area (TPSA) is 102 Å². The number of aromatic nitrogens is 4. The molecular weight excluding hydrogens is 508 g/mol. The largest absolute Gasteiger partial charge is 0.404 e. The second kappa shape index (κ2) is 12.3. The quantitative estimate of drug-likeness (QED) is 0.239. The average Bonchev–Trinajstić information content (AvgIpc) is 3.31. The Bertz CT molecular complexity index is 1640. The van der Waals surface area contributed by atoms with Crippen LogP contribution in [0.15, 0.2) is 65.7 Å². The third kappa shape index (κ3) is 6.39. The molecule has 5 N–H and O–H groups in total. The van der Waals surface area contributed by atoms with E-state index in [4.69, 9.17) is 10.8 Å². The Balaban J connectivity index is 1.61. The van der Waals surface area contributed by atoms with E-state index in [0.29, 0.717) is 5.92 Å². The zero-order valence-corrected chi connectivity index (χ0v) is 25.1. The van der Waals surface area contributed by atoms with E-state index in [0.717, 1.165) is 101 Å². The lowest BCUT2D eigenvalue weighted by molar-refractivity contribution is 0.313. The monoisotopic (exact) mass is 552 g/mol. The molecule has 0 spiro atoms. The minimum atomic E-state index is 0.397. The average molecular weight is 553 g/mol. The fourth-order valence-electron chi connectivity index (χ4n) is 5.41. The van der Waals surface area contributed by atoms with Crippen LogP contribution in [0.3, 0.4) is 0 Å². The number of anilines is 1. The van der Waals surface area contributed by atoms with Gasteiger partial charge in [0.05, 0.1) is 34.6 Å². The van der Waals surface area contributed by atoms with Crippen molar-refractivity contribution in [1.29, 1.82) is 0 Å². The van der Waals surface area contributed by atoms with Crippen LogP contribution in [-0.2, 0) is 0 Å². The number of rotatable bonds is 9. The molecule has 1 saturated carbocycles. The summed E-state index contributed by atoms with van der Waals surface area (Å²) in [6.07, 6.45) is 13.3. The molecule has 0 bridgehead atoms. The van der Waals surface area contributed by atoms with Gasteiger partial charge in [0.1, 0.15) is 5.69 Å². The van der Waals surface area contributed by atoms with Gasteiger partial charge < -0.3 is 25.8 Å². The van der Waals surface area contributed by atoms with E-state index < -0.39 is 0 Å². The van der Waals surface area contributed by atoms with E-state index in [9.17, 15) is 0 Å². The number of nitrogens with two attached hydrogens (primary N) is 1. The first-order valence-electron chi connectivity index (χ1n) is 14.6. The highest BCUT2D eigenvalue weighted by atomic mass is 15.3. The van der Waals surface area contributed by atoms with Gasteiger partial charge in [-0.05, 0) is 64.1 Å². The zero-order valence-electron chi connectivity index (χ0n) is 25.1. The van der Waals surface area contributed by atoms with Crippen molar-refractivity contribution in [2.45, 2.75) is 34.1 Å². The minimum absolute atomic E-state index is 0.397. The second-order valence-electron chi connectivity index (χ2n) is 11.6. The molecule has 216 valence electrons. The number of H-pyrrole nitrogens is 2. The molecule has 3 aromatic heterocycles.